The van der Waals surface area contributed by atoms with Crippen molar-refractivity contribution < 1.29 is 23.9 Å². The monoisotopic (exact) mass is 554 g/mol. The van der Waals surface area contributed by atoms with Crippen LogP contribution in [0.5, 0.6) is 11.5 Å². The molecule has 3 amide bonds. The average Bonchev–Trinajstić information content (AvgIpc) is 3.16. The second kappa shape index (κ2) is 12.2. The number of imide groups is 1. The molecule has 0 spiro atoms. The highest BCUT2D eigenvalue weighted by molar-refractivity contribution is 8.18. The van der Waals surface area contributed by atoms with Crippen LogP contribution in [0, 0.1) is 0 Å². The largest absolute Gasteiger partial charge is 0.493 e. The third-order valence-corrected chi connectivity index (χ3v) is 7.23. The minimum Gasteiger partial charge on any atom is -0.493 e. The van der Waals surface area contributed by atoms with Gasteiger partial charge in [0.25, 0.3) is 11.1 Å². The molecule has 1 heterocycles. The van der Waals surface area contributed by atoms with E-state index in [2.05, 4.69) is 5.32 Å². The van der Waals surface area contributed by atoms with Crippen molar-refractivity contribution in [3.8, 4) is 11.5 Å². The van der Waals surface area contributed by atoms with Crippen LogP contribution >= 0.6 is 35.1 Å². The number of hydrogen-bond acceptors (Lipinski definition) is 7. The van der Waals surface area contributed by atoms with E-state index in [9.17, 15) is 14.4 Å². The number of para-hydroxylation sites is 1. The number of carbonyl (C=O) groups is 3. The molecule has 37 heavy (non-hydrogen) atoms. The van der Waals surface area contributed by atoms with Crippen LogP contribution in [-0.2, 0) is 16.2 Å². The maximum Gasteiger partial charge on any atom is 0.294 e. The number of rotatable bonds is 9. The maximum atomic E-state index is 13.0. The Morgan fingerprint density at radius 1 is 1.11 bits per heavy atom. The van der Waals surface area contributed by atoms with Crippen LogP contribution in [0.3, 0.4) is 0 Å². The van der Waals surface area contributed by atoms with Gasteiger partial charge in [0.15, 0.2) is 11.5 Å². The average molecular weight is 555 g/mol. The third-order valence-electron chi connectivity index (χ3n) is 5.34. The lowest BCUT2D eigenvalue weighted by Crippen LogP contribution is -2.36. The van der Waals surface area contributed by atoms with Crippen molar-refractivity contribution in [2.45, 2.75) is 11.5 Å². The van der Waals surface area contributed by atoms with Gasteiger partial charge in [-0.15, -0.1) is 11.8 Å². The molecule has 0 aromatic heterocycles. The van der Waals surface area contributed by atoms with Gasteiger partial charge in [0.05, 0.1) is 12.0 Å². The van der Waals surface area contributed by atoms with Crippen LogP contribution in [0.4, 0.5) is 10.5 Å². The normalized spacial score (nSPS) is 14.2. The van der Waals surface area contributed by atoms with E-state index in [0.29, 0.717) is 27.8 Å². The predicted molar refractivity (Wildman–Crippen MR) is 148 cm³/mol. The molecule has 1 aliphatic rings. The summed E-state index contributed by atoms with van der Waals surface area (Å²) in [6.07, 6.45) is 3.51. The number of methoxy groups -OCH3 is 1. The zero-order valence-electron chi connectivity index (χ0n) is 20.0. The quantitative estimate of drug-likeness (QED) is 0.244. The number of thioether (sulfide) groups is 2. The minimum absolute atomic E-state index is 0.187. The zero-order chi connectivity index (χ0) is 26.4. The van der Waals surface area contributed by atoms with E-state index in [1.807, 2.05) is 36.6 Å². The first kappa shape index (κ1) is 26.7. The van der Waals surface area contributed by atoms with E-state index < -0.39 is 17.1 Å². The van der Waals surface area contributed by atoms with Gasteiger partial charge >= 0.3 is 0 Å². The predicted octanol–water partition coefficient (Wildman–Crippen LogP) is 6.32. The van der Waals surface area contributed by atoms with Crippen LogP contribution in [0.1, 0.15) is 11.1 Å². The molecule has 0 atom stereocenters. The fraction of sp³-hybridized carbons (Fsp3) is 0.148. The molecule has 1 aliphatic heterocycles. The second-order valence-corrected chi connectivity index (χ2v) is 10.2. The highest BCUT2D eigenvalue weighted by Gasteiger charge is 2.36. The van der Waals surface area contributed by atoms with Gasteiger partial charge < -0.3 is 14.8 Å². The number of nitrogens with zero attached hydrogens (tertiary/aromatic N) is 1. The summed E-state index contributed by atoms with van der Waals surface area (Å²) in [5, 5.41) is 2.84. The molecule has 3 aromatic rings. The number of nitrogens with one attached hydrogen (secondary N) is 1. The molecule has 4 rings (SSSR count). The Morgan fingerprint density at radius 2 is 1.86 bits per heavy atom. The van der Waals surface area contributed by atoms with Crippen molar-refractivity contribution in [2.75, 3.05) is 25.2 Å². The summed E-state index contributed by atoms with van der Waals surface area (Å²) in [7, 11) is 1.52. The Morgan fingerprint density at radius 3 is 2.59 bits per heavy atom. The van der Waals surface area contributed by atoms with Crippen LogP contribution in [0.25, 0.3) is 6.08 Å². The lowest BCUT2D eigenvalue weighted by atomic mass is 10.1. The van der Waals surface area contributed by atoms with Gasteiger partial charge in [-0.05, 0) is 66.1 Å². The summed E-state index contributed by atoms with van der Waals surface area (Å²) in [5.41, 5.74) is 2.06. The smallest absolute Gasteiger partial charge is 0.294 e. The van der Waals surface area contributed by atoms with Crippen molar-refractivity contribution >= 4 is 63.9 Å². The summed E-state index contributed by atoms with van der Waals surface area (Å²) in [6, 6.07) is 19.8. The van der Waals surface area contributed by atoms with Gasteiger partial charge in [0.1, 0.15) is 13.2 Å². The number of anilines is 1. The fourth-order valence-electron chi connectivity index (χ4n) is 3.52. The van der Waals surface area contributed by atoms with Crippen molar-refractivity contribution in [3.05, 3.63) is 87.8 Å². The maximum absolute atomic E-state index is 13.0. The number of benzene rings is 3. The molecule has 0 unspecified atom stereocenters. The zero-order valence-corrected chi connectivity index (χ0v) is 22.4. The standard InChI is InChI=1S/C27H23ClN2O5S2/c1-34-22-8-3-5-18(25(22)35-16-17-9-11-19(28)12-10-17)13-23-26(32)30(27(33)37-23)15-24(31)29-20-6-4-7-21(14-20)36-2/h3-14H,15-16H2,1-2H3,(H,29,31)/b23-13+. The summed E-state index contributed by atoms with van der Waals surface area (Å²) in [4.78, 5) is 40.3. The third kappa shape index (κ3) is 6.68. The molecule has 7 nitrogen and oxygen atoms in total. The minimum atomic E-state index is -0.547. The summed E-state index contributed by atoms with van der Waals surface area (Å²) < 4.78 is 11.5. The van der Waals surface area contributed by atoms with Gasteiger partial charge in [-0.25, -0.2) is 0 Å². The molecule has 3 aromatic carbocycles. The van der Waals surface area contributed by atoms with Crippen molar-refractivity contribution in [1.29, 1.82) is 0 Å². The summed E-state index contributed by atoms with van der Waals surface area (Å²) in [6.45, 7) is -0.138. The van der Waals surface area contributed by atoms with E-state index in [-0.39, 0.29) is 18.1 Å². The van der Waals surface area contributed by atoms with Gasteiger partial charge in [0.2, 0.25) is 5.91 Å². The molecular weight excluding hydrogens is 532 g/mol. The van der Waals surface area contributed by atoms with E-state index in [1.165, 1.54) is 7.11 Å². The second-order valence-electron chi connectivity index (χ2n) is 7.84. The summed E-state index contributed by atoms with van der Waals surface area (Å²) >= 11 is 8.28. The van der Waals surface area contributed by atoms with Crippen LogP contribution < -0.4 is 14.8 Å². The molecule has 1 N–H and O–H groups in total. The lowest BCUT2D eigenvalue weighted by Gasteiger charge is -2.14. The molecule has 0 saturated carbocycles. The number of ether oxygens (including phenoxy) is 2. The van der Waals surface area contributed by atoms with E-state index in [1.54, 1.807) is 54.2 Å². The molecule has 1 fully saturated rings. The Kier molecular flexibility index (Phi) is 8.81. The van der Waals surface area contributed by atoms with E-state index in [0.717, 1.165) is 27.1 Å². The first-order valence-corrected chi connectivity index (χ1v) is 13.5. The van der Waals surface area contributed by atoms with Crippen LogP contribution in [-0.4, -0.2) is 41.9 Å². The number of halogens is 1. The first-order chi connectivity index (χ1) is 17.9. The topological polar surface area (TPSA) is 84.9 Å². The van der Waals surface area contributed by atoms with Gasteiger partial charge in [-0.2, -0.15) is 0 Å². The number of carbonyl (C=O) groups excluding carboxylic acids is 3. The van der Waals surface area contributed by atoms with Gasteiger partial charge in [-0.1, -0.05) is 41.9 Å². The Hall–Kier alpha value is -3.40. The fourth-order valence-corrected chi connectivity index (χ4v) is 4.93. The lowest BCUT2D eigenvalue weighted by molar-refractivity contribution is -0.127. The van der Waals surface area contributed by atoms with Gasteiger partial charge in [-0.3, -0.25) is 19.3 Å². The Labute approximate surface area is 228 Å². The van der Waals surface area contributed by atoms with E-state index >= 15 is 0 Å². The molecule has 0 radical (unpaired) electrons. The SMILES string of the molecule is COc1cccc(/C=C2/SC(=O)N(CC(=O)Nc3cccc(SC)c3)C2=O)c1OCc1ccc(Cl)cc1. The summed E-state index contributed by atoms with van der Waals surface area (Å²) in [5.74, 6) is -0.100. The molecule has 190 valence electrons. The first-order valence-electron chi connectivity index (χ1n) is 11.1. The molecule has 10 heteroatoms. The van der Waals surface area contributed by atoms with Crippen LogP contribution in [0.15, 0.2) is 76.5 Å². The number of amides is 3. The highest BCUT2D eigenvalue weighted by atomic mass is 35.5. The van der Waals surface area contributed by atoms with Crippen molar-refractivity contribution in [1.82, 2.24) is 4.90 Å². The molecule has 1 saturated heterocycles. The molecule has 0 aliphatic carbocycles. The van der Waals surface area contributed by atoms with Crippen LogP contribution in [0.2, 0.25) is 5.02 Å². The van der Waals surface area contributed by atoms with Crippen molar-refractivity contribution in [2.24, 2.45) is 0 Å². The molecule has 0 bridgehead atoms. The molecular formula is C27H23ClN2O5S2. The van der Waals surface area contributed by atoms with Gasteiger partial charge in [0, 0.05) is 21.2 Å². The Balaban J connectivity index is 1.50. The van der Waals surface area contributed by atoms with Crippen molar-refractivity contribution in [3.63, 3.8) is 0 Å². The number of hydrogen-bond donors (Lipinski definition) is 1. The Bertz CT molecular complexity index is 1360. The highest BCUT2D eigenvalue weighted by Crippen LogP contribution is 2.37. The van der Waals surface area contributed by atoms with E-state index in [4.69, 9.17) is 21.1 Å².